The molecule has 0 aliphatic heterocycles. The molecule has 0 fully saturated rings. The molecule has 0 radical (unpaired) electrons. The van der Waals surface area contributed by atoms with Gasteiger partial charge in [-0.1, -0.05) is 25.1 Å². The second kappa shape index (κ2) is 6.87. The Bertz CT molecular complexity index is 668. The van der Waals surface area contributed by atoms with Crippen molar-refractivity contribution in [2.45, 2.75) is 30.7 Å². The third kappa shape index (κ3) is 3.71. The van der Waals surface area contributed by atoms with E-state index in [2.05, 4.69) is 59.7 Å². The van der Waals surface area contributed by atoms with Crippen LogP contribution >= 0.6 is 11.8 Å². The Hall–Kier alpha value is -1.65. The second-order valence-electron chi connectivity index (χ2n) is 5.05. The summed E-state index contributed by atoms with van der Waals surface area (Å²) in [6.07, 6.45) is 1.14. The second-order valence-corrected chi connectivity index (χ2v) is 6.07. The minimum absolute atomic E-state index is 0.810. The maximum Gasteiger partial charge on any atom is 0.118 e. The molecule has 0 unspecified atom stereocenters. The maximum absolute atomic E-state index is 5.83. The third-order valence-electron chi connectivity index (χ3n) is 3.32. The van der Waals surface area contributed by atoms with Gasteiger partial charge in [0.15, 0.2) is 0 Å². The zero-order chi connectivity index (χ0) is 14.5. The molecular weight excluding hydrogens is 280 g/mol. The summed E-state index contributed by atoms with van der Waals surface area (Å²) in [5.41, 5.74) is 1.18. The Morgan fingerprint density at radius 2 is 2.00 bits per heavy atom. The molecule has 1 aromatic carbocycles. The van der Waals surface area contributed by atoms with E-state index in [4.69, 9.17) is 4.42 Å². The summed E-state index contributed by atoms with van der Waals surface area (Å²) in [6, 6.07) is 14.7. The molecule has 3 rings (SSSR count). The number of thioether (sulfide) groups is 1. The van der Waals surface area contributed by atoms with Gasteiger partial charge in [-0.15, -0.1) is 11.8 Å². The van der Waals surface area contributed by atoms with Crippen LogP contribution in [0.2, 0.25) is 0 Å². The van der Waals surface area contributed by atoms with Gasteiger partial charge in [0, 0.05) is 10.9 Å². The van der Waals surface area contributed by atoms with Gasteiger partial charge in [0.2, 0.25) is 0 Å². The van der Waals surface area contributed by atoms with Crippen molar-refractivity contribution in [3.8, 4) is 0 Å². The lowest BCUT2D eigenvalue weighted by Gasteiger charge is -1.99. The van der Waals surface area contributed by atoms with E-state index in [0.29, 0.717) is 0 Å². The van der Waals surface area contributed by atoms with Gasteiger partial charge in [-0.05, 0) is 37.2 Å². The van der Waals surface area contributed by atoms with Gasteiger partial charge in [-0.25, -0.2) is 0 Å². The van der Waals surface area contributed by atoms with Gasteiger partial charge in [-0.3, -0.25) is 0 Å². The van der Waals surface area contributed by atoms with E-state index < -0.39 is 0 Å². The molecule has 4 heteroatoms. The van der Waals surface area contributed by atoms with E-state index >= 15 is 0 Å². The van der Waals surface area contributed by atoms with E-state index in [9.17, 15) is 0 Å². The lowest BCUT2D eigenvalue weighted by atomic mass is 10.3. The SMILES string of the molecule is CCCNCc1ccc(CSc2cc3ccccc3[nH]2)o1. The fourth-order valence-electron chi connectivity index (χ4n) is 2.26. The lowest BCUT2D eigenvalue weighted by molar-refractivity contribution is 0.459. The molecule has 0 atom stereocenters. The molecule has 0 saturated heterocycles. The normalized spacial score (nSPS) is 11.3. The number of rotatable bonds is 7. The van der Waals surface area contributed by atoms with Crippen molar-refractivity contribution in [2.24, 2.45) is 0 Å². The number of aromatic nitrogens is 1. The first-order valence-electron chi connectivity index (χ1n) is 7.34. The number of fused-ring (bicyclic) bond motifs is 1. The summed E-state index contributed by atoms with van der Waals surface area (Å²) in [4.78, 5) is 3.42. The summed E-state index contributed by atoms with van der Waals surface area (Å²) in [7, 11) is 0. The summed E-state index contributed by atoms with van der Waals surface area (Å²) >= 11 is 1.77. The number of furan rings is 1. The predicted octanol–water partition coefficient (Wildman–Crippen LogP) is 4.55. The summed E-state index contributed by atoms with van der Waals surface area (Å²) < 4.78 is 5.83. The number of nitrogens with one attached hydrogen (secondary N) is 2. The average Bonchev–Trinajstić information content (AvgIpc) is 3.11. The van der Waals surface area contributed by atoms with Gasteiger partial charge in [0.25, 0.3) is 0 Å². The van der Waals surface area contributed by atoms with Crippen molar-refractivity contribution in [3.05, 3.63) is 54.0 Å². The first-order valence-corrected chi connectivity index (χ1v) is 8.32. The Kier molecular flexibility index (Phi) is 4.68. The van der Waals surface area contributed by atoms with Gasteiger partial charge in [0.05, 0.1) is 17.3 Å². The van der Waals surface area contributed by atoms with Crippen LogP contribution in [-0.4, -0.2) is 11.5 Å². The molecule has 0 bridgehead atoms. The summed E-state index contributed by atoms with van der Waals surface area (Å²) in [5.74, 6) is 2.88. The Morgan fingerprint density at radius 3 is 2.86 bits per heavy atom. The highest BCUT2D eigenvalue weighted by atomic mass is 32.2. The van der Waals surface area contributed by atoms with E-state index in [1.807, 2.05) is 0 Å². The van der Waals surface area contributed by atoms with E-state index in [1.54, 1.807) is 11.8 Å². The van der Waals surface area contributed by atoms with Gasteiger partial charge < -0.3 is 14.7 Å². The predicted molar refractivity (Wildman–Crippen MR) is 88.6 cm³/mol. The van der Waals surface area contributed by atoms with Crippen molar-refractivity contribution in [3.63, 3.8) is 0 Å². The zero-order valence-corrected chi connectivity index (χ0v) is 13.0. The van der Waals surface area contributed by atoms with E-state index in [0.717, 1.165) is 36.8 Å². The van der Waals surface area contributed by atoms with Gasteiger partial charge >= 0.3 is 0 Å². The van der Waals surface area contributed by atoms with Crippen LogP contribution in [-0.2, 0) is 12.3 Å². The minimum atomic E-state index is 0.810. The molecule has 0 aliphatic rings. The number of aromatic amines is 1. The van der Waals surface area contributed by atoms with Crippen LogP contribution in [0.4, 0.5) is 0 Å². The number of H-pyrrole nitrogens is 1. The van der Waals surface area contributed by atoms with Crippen molar-refractivity contribution in [1.82, 2.24) is 10.3 Å². The zero-order valence-electron chi connectivity index (χ0n) is 12.2. The van der Waals surface area contributed by atoms with Crippen molar-refractivity contribution >= 4 is 22.7 Å². The lowest BCUT2D eigenvalue weighted by Crippen LogP contribution is -2.12. The molecule has 2 aromatic heterocycles. The topological polar surface area (TPSA) is 41.0 Å². The highest BCUT2D eigenvalue weighted by Gasteiger charge is 2.05. The molecule has 0 aliphatic carbocycles. The van der Waals surface area contributed by atoms with Gasteiger partial charge in [-0.2, -0.15) is 0 Å². The summed E-state index contributed by atoms with van der Waals surface area (Å²) in [6.45, 7) is 4.00. The Labute approximate surface area is 129 Å². The molecule has 0 amide bonds. The average molecular weight is 300 g/mol. The van der Waals surface area contributed by atoms with Crippen molar-refractivity contribution in [2.75, 3.05) is 6.54 Å². The molecule has 2 N–H and O–H groups in total. The molecular formula is C17H20N2OS. The highest BCUT2D eigenvalue weighted by molar-refractivity contribution is 7.98. The first-order chi connectivity index (χ1) is 10.3. The van der Waals surface area contributed by atoms with E-state index in [1.165, 1.54) is 15.9 Å². The first kappa shape index (κ1) is 14.3. The monoisotopic (exact) mass is 300 g/mol. The molecule has 110 valence electrons. The number of hydrogen-bond donors (Lipinski definition) is 2. The number of hydrogen-bond acceptors (Lipinski definition) is 3. The largest absolute Gasteiger partial charge is 0.464 e. The van der Waals surface area contributed by atoms with Gasteiger partial charge in [0.1, 0.15) is 11.5 Å². The molecule has 0 spiro atoms. The maximum atomic E-state index is 5.83. The quantitative estimate of drug-likeness (QED) is 0.496. The van der Waals surface area contributed by atoms with Crippen LogP contribution in [0, 0.1) is 0 Å². The highest BCUT2D eigenvalue weighted by Crippen LogP contribution is 2.26. The minimum Gasteiger partial charge on any atom is -0.464 e. The van der Waals surface area contributed by atoms with E-state index in [-0.39, 0.29) is 0 Å². The smallest absolute Gasteiger partial charge is 0.118 e. The Balaban J connectivity index is 1.57. The van der Waals surface area contributed by atoms with Crippen LogP contribution < -0.4 is 5.32 Å². The third-order valence-corrected chi connectivity index (χ3v) is 4.28. The Morgan fingerprint density at radius 1 is 1.14 bits per heavy atom. The molecule has 3 nitrogen and oxygen atoms in total. The number of para-hydroxylation sites is 1. The fraction of sp³-hybridized carbons (Fsp3) is 0.294. The molecule has 0 saturated carbocycles. The van der Waals surface area contributed by atoms with Crippen LogP contribution in [0.5, 0.6) is 0 Å². The number of benzene rings is 1. The van der Waals surface area contributed by atoms with Crippen LogP contribution in [0.15, 0.2) is 51.9 Å². The van der Waals surface area contributed by atoms with Crippen LogP contribution in [0.3, 0.4) is 0 Å². The fourth-order valence-corrected chi connectivity index (χ4v) is 3.10. The van der Waals surface area contributed by atoms with Crippen LogP contribution in [0.25, 0.3) is 10.9 Å². The standard InChI is InChI=1S/C17H20N2OS/c1-2-9-18-11-14-7-8-15(20-14)12-21-17-10-13-5-3-4-6-16(13)19-17/h3-8,10,18-19H,2,9,11-12H2,1H3. The summed E-state index contributed by atoms with van der Waals surface area (Å²) in [5, 5.41) is 5.78. The van der Waals surface area contributed by atoms with Crippen molar-refractivity contribution in [1.29, 1.82) is 0 Å². The molecule has 2 heterocycles. The van der Waals surface area contributed by atoms with Crippen molar-refractivity contribution < 1.29 is 4.42 Å². The van der Waals surface area contributed by atoms with Crippen LogP contribution in [0.1, 0.15) is 24.9 Å². The molecule has 3 aromatic rings. The molecule has 21 heavy (non-hydrogen) atoms.